The van der Waals surface area contributed by atoms with Crippen LogP contribution in [0.25, 0.3) is 32.7 Å². The van der Waals surface area contributed by atoms with Gasteiger partial charge in [0, 0.05) is 0 Å². The summed E-state index contributed by atoms with van der Waals surface area (Å²) in [6, 6.07) is 36.9. The number of hydrogen-bond acceptors (Lipinski definition) is 0. The van der Waals surface area contributed by atoms with E-state index < -0.39 is 7.92 Å². The molecule has 0 amide bonds. The lowest BCUT2D eigenvalue weighted by Gasteiger charge is -2.27. The van der Waals surface area contributed by atoms with Crippen LogP contribution in [0.5, 0.6) is 0 Å². The second-order valence-corrected chi connectivity index (χ2v) is 13.6. The monoisotopic (exact) mass is 536 g/mol. The average molecular weight is 537 g/mol. The Morgan fingerprint density at radius 3 is 1.32 bits per heavy atom. The quantitative estimate of drug-likeness (QED) is 0.197. The van der Waals surface area contributed by atoms with E-state index in [0.717, 1.165) is 0 Å². The molecule has 0 radical (unpaired) electrons. The van der Waals surface area contributed by atoms with Crippen LogP contribution in [0, 0.1) is 48.5 Å². The molecule has 0 aliphatic carbocycles. The van der Waals surface area contributed by atoms with Gasteiger partial charge in [0.1, 0.15) is 0 Å². The first kappa shape index (κ1) is 26.5. The third-order valence-corrected chi connectivity index (χ3v) is 11.3. The Bertz CT molecular complexity index is 1820. The molecular weight excluding hydrogens is 499 g/mol. The van der Waals surface area contributed by atoms with Gasteiger partial charge in [-0.05, 0) is 144 Å². The summed E-state index contributed by atoms with van der Waals surface area (Å²) in [5, 5.41) is 9.50. The summed E-state index contributed by atoms with van der Waals surface area (Å²) in [7, 11) is -0.821. The molecule has 0 aromatic heterocycles. The van der Waals surface area contributed by atoms with Gasteiger partial charge in [-0.3, -0.25) is 0 Å². The van der Waals surface area contributed by atoms with E-state index in [2.05, 4.69) is 146 Å². The van der Waals surface area contributed by atoms with E-state index in [4.69, 9.17) is 0 Å². The predicted octanol–water partition coefficient (Wildman–Crippen LogP) is 9.58. The maximum atomic E-state index is 2.45. The number of fused-ring (bicyclic) bond motifs is 2. The van der Waals surface area contributed by atoms with Crippen LogP contribution >= 0.6 is 7.92 Å². The molecule has 0 atom stereocenters. The third-order valence-electron chi connectivity index (χ3n) is 8.88. The molecule has 198 valence electrons. The molecule has 1 heteroatoms. The van der Waals surface area contributed by atoms with Crippen LogP contribution < -0.4 is 15.9 Å². The first-order valence-corrected chi connectivity index (χ1v) is 15.5. The summed E-state index contributed by atoms with van der Waals surface area (Å²) in [6.07, 6.45) is 0. The number of rotatable bonds is 4. The fraction of sp³-hybridized carbons (Fsp3) is 0.179. The molecule has 0 aliphatic rings. The number of benzene rings is 6. The van der Waals surface area contributed by atoms with Crippen LogP contribution in [0.1, 0.15) is 38.9 Å². The van der Waals surface area contributed by atoms with E-state index in [9.17, 15) is 0 Å². The molecule has 0 aliphatic heterocycles. The number of aryl methyl sites for hydroxylation is 5. The van der Waals surface area contributed by atoms with Gasteiger partial charge >= 0.3 is 0 Å². The van der Waals surface area contributed by atoms with Crippen LogP contribution in [0.4, 0.5) is 0 Å². The highest BCUT2D eigenvalue weighted by molar-refractivity contribution is 7.80. The van der Waals surface area contributed by atoms with Crippen molar-refractivity contribution >= 4 is 45.4 Å². The fourth-order valence-corrected chi connectivity index (χ4v) is 8.96. The Kier molecular flexibility index (Phi) is 6.85. The summed E-state index contributed by atoms with van der Waals surface area (Å²) >= 11 is 0. The molecule has 0 heterocycles. The van der Waals surface area contributed by atoms with Crippen molar-refractivity contribution in [2.24, 2.45) is 0 Å². The summed E-state index contributed by atoms with van der Waals surface area (Å²) in [6.45, 7) is 15.8. The molecule has 0 fully saturated rings. The predicted molar refractivity (Wildman–Crippen MR) is 179 cm³/mol. The molecule has 40 heavy (non-hydrogen) atoms. The zero-order valence-electron chi connectivity index (χ0n) is 24.7. The van der Waals surface area contributed by atoms with Gasteiger partial charge in [0.2, 0.25) is 0 Å². The van der Waals surface area contributed by atoms with Crippen molar-refractivity contribution in [3.63, 3.8) is 0 Å². The largest absolute Gasteiger partial charge is 0.0616 e. The molecule has 0 bridgehead atoms. The third kappa shape index (κ3) is 4.46. The van der Waals surface area contributed by atoms with Crippen LogP contribution in [0.15, 0.2) is 97.1 Å². The molecule has 0 nitrogen and oxygen atoms in total. The van der Waals surface area contributed by atoms with E-state index in [1.807, 2.05) is 0 Å². The second-order valence-electron chi connectivity index (χ2n) is 11.4. The molecule has 0 unspecified atom stereocenters. The highest BCUT2D eigenvalue weighted by Gasteiger charge is 2.25. The van der Waals surface area contributed by atoms with Gasteiger partial charge in [-0.1, -0.05) is 97.1 Å². The molecule has 0 N–H and O–H groups in total. The van der Waals surface area contributed by atoms with Gasteiger partial charge in [-0.15, -0.1) is 0 Å². The molecule has 0 spiro atoms. The van der Waals surface area contributed by atoms with Crippen molar-refractivity contribution in [3.05, 3.63) is 136 Å². The first-order chi connectivity index (χ1) is 19.2. The smallest absolute Gasteiger partial charge is 0.00128 e. The minimum Gasteiger partial charge on any atom is -0.0616 e. The molecule has 6 rings (SSSR count). The van der Waals surface area contributed by atoms with E-state index >= 15 is 0 Å². The Labute approximate surface area is 240 Å². The standard InChI is InChI=1S/C39H37P/c1-24-16-17-31-12-8-10-14-35(31)38(24)39-36-15-11-9-13-32(36)18-19-37(39)40(33-20-25(2)29(6)26(3)21-33)34-22-27(4)30(7)28(5)23-34/h8-23H,1-7H3. The van der Waals surface area contributed by atoms with Crippen molar-refractivity contribution < 1.29 is 0 Å². The van der Waals surface area contributed by atoms with Crippen molar-refractivity contribution in [1.82, 2.24) is 0 Å². The summed E-state index contributed by atoms with van der Waals surface area (Å²) in [5.41, 5.74) is 12.3. The Balaban J connectivity index is 1.78. The van der Waals surface area contributed by atoms with E-state index in [-0.39, 0.29) is 0 Å². The highest BCUT2D eigenvalue weighted by Crippen LogP contribution is 2.44. The summed E-state index contributed by atoms with van der Waals surface area (Å²) < 4.78 is 0. The Morgan fingerprint density at radius 1 is 0.400 bits per heavy atom. The van der Waals surface area contributed by atoms with Crippen molar-refractivity contribution in [2.45, 2.75) is 48.5 Å². The van der Waals surface area contributed by atoms with Crippen molar-refractivity contribution in [1.29, 1.82) is 0 Å². The summed E-state index contributed by atoms with van der Waals surface area (Å²) in [5.74, 6) is 0. The maximum absolute atomic E-state index is 2.45. The summed E-state index contributed by atoms with van der Waals surface area (Å²) in [4.78, 5) is 0. The Morgan fingerprint density at radius 2 is 0.825 bits per heavy atom. The normalized spacial score (nSPS) is 11.6. The highest BCUT2D eigenvalue weighted by atomic mass is 31.1. The lowest BCUT2D eigenvalue weighted by Crippen LogP contribution is -2.24. The van der Waals surface area contributed by atoms with E-state index in [0.29, 0.717) is 0 Å². The van der Waals surface area contributed by atoms with Gasteiger partial charge in [-0.2, -0.15) is 0 Å². The minimum atomic E-state index is -0.821. The lowest BCUT2D eigenvalue weighted by atomic mass is 9.90. The van der Waals surface area contributed by atoms with Crippen molar-refractivity contribution in [2.75, 3.05) is 0 Å². The van der Waals surface area contributed by atoms with Crippen LogP contribution in [0.2, 0.25) is 0 Å². The van der Waals surface area contributed by atoms with Gasteiger partial charge < -0.3 is 0 Å². The first-order valence-electron chi connectivity index (χ1n) is 14.2. The van der Waals surface area contributed by atoms with Gasteiger partial charge in [0.25, 0.3) is 0 Å². The Hall–Kier alpha value is -3.73. The van der Waals surface area contributed by atoms with Gasteiger partial charge in [-0.25, -0.2) is 0 Å². The zero-order chi connectivity index (χ0) is 28.1. The fourth-order valence-electron chi connectivity index (χ4n) is 6.13. The zero-order valence-corrected chi connectivity index (χ0v) is 25.6. The topological polar surface area (TPSA) is 0 Å². The maximum Gasteiger partial charge on any atom is -0.00128 e. The van der Waals surface area contributed by atoms with Crippen LogP contribution in [0.3, 0.4) is 0 Å². The number of hydrogen-bond donors (Lipinski definition) is 0. The van der Waals surface area contributed by atoms with E-state index in [1.165, 1.54) is 87.5 Å². The lowest BCUT2D eigenvalue weighted by molar-refractivity contribution is 1.27. The van der Waals surface area contributed by atoms with Gasteiger partial charge in [0.05, 0.1) is 0 Å². The molecular formula is C39H37P. The van der Waals surface area contributed by atoms with Crippen LogP contribution in [-0.2, 0) is 0 Å². The molecule has 0 saturated heterocycles. The van der Waals surface area contributed by atoms with Gasteiger partial charge in [0.15, 0.2) is 0 Å². The second kappa shape index (κ2) is 10.3. The van der Waals surface area contributed by atoms with Crippen molar-refractivity contribution in [3.8, 4) is 11.1 Å². The molecule has 6 aromatic rings. The van der Waals surface area contributed by atoms with E-state index in [1.54, 1.807) is 0 Å². The minimum absolute atomic E-state index is 0.821. The average Bonchev–Trinajstić information content (AvgIpc) is 2.95. The SMILES string of the molecule is Cc1cc(P(c2cc(C)c(C)c(C)c2)c2ccc3ccccc3c2-c2c(C)ccc3ccccc23)cc(C)c1C. The molecule has 0 saturated carbocycles. The molecule has 6 aromatic carbocycles. The van der Waals surface area contributed by atoms with Crippen LogP contribution in [-0.4, -0.2) is 0 Å².